The van der Waals surface area contributed by atoms with Gasteiger partial charge in [0.25, 0.3) is 0 Å². The first kappa shape index (κ1) is 23.2. The highest BCUT2D eigenvalue weighted by atomic mass is 32.3. The fourth-order valence-corrected chi connectivity index (χ4v) is 10.5. The van der Waals surface area contributed by atoms with Gasteiger partial charge in [0.2, 0.25) is 10.0 Å². The van der Waals surface area contributed by atoms with Gasteiger partial charge in [0.05, 0.1) is 21.7 Å². The van der Waals surface area contributed by atoms with Crippen LogP contribution in [0.5, 0.6) is 0 Å². The van der Waals surface area contributed by atoms with E-state index in [4.69, 9.17) is 5.14 Å². The number of nitrogens with two attached hydrogens (primary N) is 1. The number of sulfone groups is 1. The number of primary sulfonamides is 1. The molecule has 162 valence electrons. The van der Waals surface area contributed by atoms with Gasteiger partial charge in [0.15, 0.2) is 9.84 Å². The SMILES string of the molecule is CC1CC(O)c2cc(S(N)(=O)=O)sc2S1.Cc1cc2c(s1)S(=O)(=O)C(C)CC2O. The van der Waals surface area contributed by atoms with Crippen LogP contribution in [0.1, 0.15) is 54.9 Å². The Hall–Kier alpha value is -0.470. The van der Waals surface area contributed by atoms with Crippen molar-refractivity contribution in [3.63, 3.8) is 0 Å². The van der Waals surface area contributed by atoms with Crippen molar-refractivity contribution >= 4 is 54.3 Å². The van der Waals surface area contributed by atoms with Gasteiger partial charge in [-0.3, -0.25) is 0 Å². The molecule has 0 saturated carbocycles. The number of aliphatic hydroxyl groups is 2. The lowest BCUT2D eigenvalue weighted by Gasteiger charge is -2.23. The summed E-state index contributed by atoms with van der Waals surface area (Å²) in [5.74, 6) is 0. The van der Waals surface area contributed by atoms with Crippen molar-refractivity contribution in [3.05, 3.63) is 28.1 Å². The van der Waals surface area contributed by atoms with E-state index in [9.17, 15) is 27.0 Å². The molecule has 4 atom stereocenters. The molecule has 4 unspecified atom stereocenters. The predicted molar refractivity (Wildman–Crippen MR) is 116 cm³/mol. The third kappa shape index (κ3) is 4.74. The zero-order valence-corrected chi connectivity index (χ0v) is 20.1. The highest BCUT2D eigenvalue weighted by molar-refractivity contribution is 8.02. The Labute approximate surface area is 182 Å². The molecule has 29 heavy (non-hydrogen) atoms. The lowest BCUT2D eigenvalue weighted by molar-refractivity contribution is 0.161. The van der Waals surface area contributed by atoms with E-state index in [1.807, 2.05) is 13.8 Å². The van der Waals surface area contributed by atoms with E-state index >= 15 is 0 Å². The van der Waals surface area contributed by atoms with Crippen molar-refractivity contribution in [2.45, 2.75) is 68.9 Å². The molecule has 4 rings (SSSR count). The molecule has 7 nitrogen and oxygen atoms in total. The molecule has 2 aliphatic rings. The van der Waals surface area contributed by atoms with Crippen molar-refractivity contribution in [2.75, 3.05) is 0 Å². The van der Waals surface area contributed by atoms with Gasteiger partial charge in [-0.25, -0.2) is 22.0 Å². The van der Waals surface area contributed by atoms with Crippen LogP contribution in [-0.4, -0.2) is 37.5 Å². The Morgan fingerprint density at radius 1 is 1.07 bits per heavy atom. The lowest BCUT2D eigenvalue weighted by atomic mass is 10.1. The Balaban J connectivity index is 0.000000166. The molecule has 0 aromatic carbocycles. The van der Waals surface area contributed by atoms with Crippen molar-refractivity contribution in [1.82, 2.24) is 0 Å². The number of fused-ring (bicyclic) bond motifs is 2. The molecule has 0 aliphatic carbocycles. The van der Waals surface area contributed by atoms with E-state index in [2.05, 4.69) is 0 Å². The summed E-state index contributed by atoms with van der Waals surface area (Å²) in [5, 5.41) is 24.4. The van der Waals surface area contributed by atoms with E-state index in [0.29, 0.717) is 33.4 Å². The van der Waals surface area contributed by atoms with Gasteiger partial charge in [-0.2, -0.15) is 0 Å². The molecule has 0 radical (unpaired) electrons. The maximum absolute atomic E-state index is 11.9. The van der Waals surface area contributed by atoms with Gasteiger partial charge < -0.3 is 10.2 Å². The van der Waals surface area contributed by atoms with Crippen LogP contribution in [0.15, 0.2) is 24.8 Å². The molecular weight excluding hydrogens is 475 g/mol. The smallest absolute Gasteiger partial charge is 0.247 e. The van der Waals surface area contributed by atoms with Crippen LogP contribution in [0, 0.1) is 6.92 Å². The number of hydrogen-bond acceptors (Lipinski definition) is 9. The normalized spacial score (nSPS) is 28.1. The second-order valence-corrected chi connectivity index (χ2v) is 15.6. The van der Waals surface area contributed by atoms with Crippen LogP contribution in [0.4, 0.5) is 0 Å². The molecule has 0 fully saturated rings. The maximum atomic E-state index is 11.9. The van der Waals surface area contributed by atoms with E-state index in [1.165, 1.54) is 17.4 Å². The summed E-state index contributed by atoms with van der Waals surface area (Å²) in [6.45, 7) is 5.51. The average Bonchev–Trinajstić information content (AvgIpc) is 3.18. The zero-order valence-electron chi connectivity index (χ0n) is 16.0. The molecular formula is C17H23NO6S5. The number of rotatable bonds is 1. The topological polar surface area (TPSA) is 135 Å². The summed E-state index contributed by atoms with van der Waals surface area (Å²) in [6.07, 6.45) is -0.222. The summed E-state index contributed by atoms with van der Waals surface area (Å²) in [4.78, 5) is 0.937. The molecule has 0 saturated heterocycles. The fourth-order valence-electron chi connectivity index (χ4n) is 3.22. The summed E-state index contributed by atoms with van der Waals surface area (Å²) in [6, 6.07) is 3.26. The van der Waals surface area contributed by atoms with Crippen LogP contribution in [-0.2, 0) is 19.9 Å². The summed E-state index contributed by atoms with van der Waals surface area (Å²) >= 11 is 3.99. The van der Waals surface area contributed by atoms with Crippen LogP contribution >= 0.6 is 34.4 Å². The Morgan fingerprint density at radius 3 is 2.31 bits per heavy atom. The van der Waals surface area contributed by atoms with Crippen molar-refractivity contribution < 1.29 is 27.0 Å². The lowest BCUT2D eigenvalue weighted by Crippen LogP contribution is -2.26. The van der Waals surface area contributed by atoms with Crippen LogP contribution < -0.4 is 5.14 Å². The van der Waals surface area contributed by atoms with Crippen LogP contribution in [0.2, 0.25) is 0 Å². The number of thioether (sulfide) groups is 1. The van der Waals surface area contributed by atoms with Gasteiger partial charge >= 0.3 is 0 Å². The minimum absolute atomic E-state index is 0.133. The highest BCUT2D eigenvalue weighted by Gasteiger charge is 2.37. The average molecular weight is 498 g/mol. The fraction of sp³-hybridized carbons (Fsp3) is 0.529. The molecule has 4 heterocycles. The largest absolute Gasteiger partial charge is 0.388 e. The molecule has 0 bridgehead atoms. The third-order valence-electron chi connectivity index (χ3n) is 4.76. The Kier molecular flexibility index (Phi) is 6.58. The monoisotopic (exact) mass is 497 g/mol. The van der Waals surface area contributed by atoms with E-state index < -0.39 is 37.3 Å². The summed E-state index contributed by atoms with van der Waals surface area (Å²) in [5.41, 5.74) is 1.29. The molecule has 2 aliphatic heterocycles. The highest BCUT2D eigenvalue weighted by Crippen LogP contribution is 2.46. The maximum Gasteiger partial charge on any atom is 0.247 e. The van der Waals surface area contributed by atoms with E-state index in [0.717, 1.165) is 20.4 Å². The quantitative estimate of drug-likeness (QED) is 0.551. The first-order valence-electron chi connectivity index (χ1n) is 8.84. The Morgan fingerprint density at radius 2 is 1.69 bits per heavy atom. The van der Waals surface area contributed by atoms with Crippen molar-refractivity contribution in [1.29, 1.82) is 0 Å². The zero-order chi connectivity index (χ0) is 21.7. The number of sulfonamides is 1. The standard InChI is InChI=1S/C9H12O3S2.C8H11NO3S3/c1-5-3-7-8(10)4-6(2)14(11,12)9(7)13-5;1-4-2-6(10)5-3-7(15(9,11)12)14-8(5)13-4/h3,6,8,10H,4H2,1-2H3;3-4,6,10H,2H2,1H3,(H2,9,11,12). The minimum atomic E-state index is -3.64. The second kappa shape index (κ2) is 8.23. The number of aliphatic hydroxyl groups excluding tert-OH is 2. The first-order valence-corrected chi connectivity index (χ1v) is 14.4. The number of hydrogen-bond donors (Lipinski definition) is 3. The first-order chi connectivity index (χ1) is 13.3. The van der Waals surface area contributed by atoms with Gasteiger partial charge in [0.1, 0.15) is 8.42 Å². The van der Waals surface area contributed by atoms with Gasteiger partial charge in [-0.15, -0.1) is 34.4 Å². The van der Waals surface area contributed by atoms with Crippen LogP contribution in [0.25, 0.3) is 0 Å². The van der Waals surface area contributed by atoms with Crippen molar-refractivity contribution in [2.24, 2.45) is 5.14 Å². The van der Waals surface area contributed by atoms with Crippen LogP contribution in [0.3, 0.4) is 0 Å². The minimum Gasteiger partial charge on any atom is -0.388 e. The number of aryl methyl sites for hydroxylation is 1. The summed E-state index contributed by atoms with van der Waals surface area (Å²) in [7, 11) is -6.82. The second-order valence-electron chi connectivity index (χ2n) is 7.24. The number of thiophene rings is 2. The van der Waals surface area contributed by atoms with Gasteiger partial charge in [0, 0.05) is 21.3 Å². The van der Waals surface area contributed by atoms with Gasteiger partial charge in [-0.05, 0) is 38.8 Å². The van der Waals surface area contributed by atoms with E-state index in [-0.39, 0.29) is 4.21 Å². The Bertz CT molecular complexity index is 1120. The predicted octanol–water partition coefficient (Wildman–Crippen LogP) is 2.97. The van der Waals surface area contributed by atoms with Gasteiger partial charge in [-0.1, -0.05) is 6.92 Å². The van der Waals surface area contributed by atoms with Crippen molar-refractivity contribution in [3.8, 4) is 0 Å². The molecule has 4 N–H and O–H groups in total. The molecule has 2 aromatic rings. The molecule has 12 heteroatoms. The summed E-state index contributed by atoms with van der Waals surface area (Å²) < 4.78 is 47.4. The molecule has 2 aromatic heterocycles. The molecule has 0 spiro atoms. The third-order valence-corrected chi connectivity index (χ3v) is 12.5. The van der Waals surface area contributed by atoms with E-state index in [1.54, 1.807) is 24.8 Å². The molecule has 0 amide bonds.